The SMILES string of the molecule is CN(C(=O)c1ccc(N)cc1)C1CCOC1. The summed E-state index contributed by atoms with van der Waals surface area (Å²) in [6, 6.07) is 7.19. The highest BCUT2D eigenvalue weighted by Crippen LogP contribution is 2.14. The monoisotopic (exact) mass is 220 g/mol. The van der Waals surface area contributed by atoms with Gasteiger partial charge in [-0.2, -0.15) is 0 Å². The van der Waals surface area contributed by atoms with E-state index in [9.17, 15) is 4.79 Å². The molecule has 1 aliphatic rings. The smallest absolute Gasteiger partial charge is 0.253 e. The Bertz CT molecular complexity index is 369. The molecule has 1 aliphatic heterocycles. The maximum absolute atomic E-state index is 12.1. The molecule has 1 aromatic rings. The Kier molecular flexibility index (Phi) is 3.10. The molecule has 0 bridgehead atoms. The number of hydrogen-bond acceptors (Lipinski definition) is 3. The second-order valence-corrected chi connectivity index (χ2v) is 4.06. The summed E-state index contributed by atoms with van der Waals surface area (Å²) in [6.45, 7) is 1.38. The van der Waals surface area contributed by atoms with Crippen molar-refractivity contribution in [2.24, 2.45) is 0 Å². The van der Waals surface area contributed by atoms with Gasteiger partial charge in [-0.3, -0.25) is 4.79 Å². The lowest BCUT2D eigenvalue weighted by atomic mass is 10.1. The standard InChI is InChI=1S/C12H16N2O2/c1-14(11-6-7-16-8-11)12(15)9-2-4-10(13)5-3-9/h2-5,11H,6-8,13H2,1H3. The van der Waals surface area contributed by atoms with E-state index in [1.54, 1.807) is 29.2 Å². The van der Waals surface area contributed by atoms with Gasteiger partial charge >= 0.3 is 0 Å². The van der Waals surface area contributed by atoms with Gasteiger partial charge in [0.05, 0.1) is 12.6 Å². The summed E-state index contributed by atoms with van der Waals surface area (Å²) >= 11 is 0. The molecule has 2 rings (SSSR count). The van der Waals surface area contributed by atoms with E-state index in [1.807, 2.05) is 7.05 Å². The third kappa shape index (κ3) is 2.17. The molecule has 1 unspecified atom stereocenters. The fourth-order valence-electron chi connectivity index (χ4n) is 1.82. The van der Waals surface area contributed by atoms with E-state index in [0.29, 0.717) is 17.9 Å². The van der Waals surface area contributed by atoms with E-state index in [1.165, 1.54) is 0 Å². The van der Waals surface area contributed by atoms with Crippen LogP contribution < -0.4 is 5.73 Å². The normalized spacial score (nSPS) is 19.7. The van der Waals surface area contributed by atoms with Crippen molar-refractivity contribution < 1.29 is 9.53 Å². The maximum atomic E-state index is 12.1. The molecule has 4 heteroatoms. The number of nitrogen functional groups attached to an aromatic ring is 1. The molecule has 0 aromatic heterocycles. The van der Waals surface area contributed by atoms with E-state index >= 15 is 0 Å². The van der Waals surface area contributed by atoms with Gasteiger partial charge in [-0.25, -0.2) is 0 Å². The number of nitrogens with zero attached hydrogens (tertiary/aromatic N) is 1. The van der Waals surface area contributed by atoms with Crippen molar-refractivity contribution in [3.8, 4) is 0 Å². The predicted molar refractivity (Wildman–Crippen MR) is 62.2 cm³/mol. The van der Waals surface area contributed by atoms with Gasteiger partial charge in [0.2, 0.25) is 0 Å². The molecule has 1 fully saturated rings. The first kappa shape index (κ1) is 11.0. The van der Waals surface area contributed by atoms with Crippen LogP contribution >= 0.6 is 0 Å². The fraction of sp³-hybridized carbons (Fsp3) is 0.417. The van der Waals surface area contributed by atoms with Crippen LogP contribution in [0.15, 0.2) is 24.3 Å². The Morgan fingerprint density at radius 1 is 1.44 bits per heavy atom. The molecular formula is C12H16N2O2. The Balaban J connectivity index is 2.08. The third-order valence-electron chi connectivity index (χ3n) is 2.93. The second kappa shape index (κ2) is 4.53. The van der Waals surface area contributed by atoms with Crippen LogP contribution in [0.3, 0.4) is 0 Å². The largest absolute Gasteiger partial charge is 0.399 e. The lowest BCUT2D eigenvalue weighted by Gasteiger charge is -2.23. The van der Waals surface area contributed by atoms with Crippen molar-refractivity contribution in [2.45, 2.75) is 12.5 Å². The first-order valence-corrected chi connectivity index (χ1v) is 5.39. The topological polar surface area (TPSA) is 55.6 Å². The van der Waals surface area contributed by atoms with Gasteiger partial charge in [0.25, 0.3) is 5.91 Å². The summed E-state index contributed by atoms with van der Waals surface area (Å²) in [4.78, 5) is 13.8. The summed E-state index contributed by atoms with van der Waals surface area (Å²) in [5.74, 6) is 0.0236. The van der Waals surface area contributed by atoms with Crippen LogP contribution in [0, 0.1) is 0 Å². The molecule has 1 atom stereocenters. The van der Waals surface area contributed by atoms with E-state index in [0.717, 1.165) is 13.0 Å². The van der Waals surface area contributed by atoms with Crippen molar-refractivity contribution in [3.63, 3.8) is 0 Å². The van der Waals surface area contributed by atoms with Gasteiger partial charge in [-0.05, 0) is 30.7 Å². The lowest BCUT2D eigenvalue weighted by Crippen LogP contribution is -2.37. The van der Waals surface area contributed by atoms with Gasteiger partial charge in [0, 0.05) is 24.9 Å². The first-order chi connectivity index (χ1) is 7.68. The predicted octanol–water partition coefficient (Wildman–Crippen LogP) is 1.13. The zero-order valence-electron chi connectivity index (χ0n) is 9.35. The summed E-state index contributed by atoms with van der Waals surface area (Å²) in [5.41, 5.74) is 6.92. The minimum absolute atomic E-state index is 0.0236. The number of rotatable bonds is 2. The van der Waals surface area contributed by atoms with Gasteiger partial charge in [0.15, 0.2) is 0 Å². The highest BCUT2D eigenvalue weighted by Gasteiger charge is 2.24. The molecule has 1 heterocycles. The van der Waals surface area contributed by atoms with E-state index < -0.39 is 0 Å². The second-order valence-electron chi connectivity index (χ2n) is 4.06. The van der Waals surface area contributed by atoms with E-state index in [-0.39, 0.29) is 11.9 Å². The van der Waals surface area contributed by atoms with Crippen LogP contribution in [0.25, 0.3) is 0 Å². The quantitative estimate of drug-likeness (QED) is 0.760. The van der Waals surface area contributed by atoms with Crippen molar-refractivity contribution in [2.75, 3.05) is 26.0 Å². The average Bonchev–Trinajstić information content (AvgIpc) is 2.81. The molecule has 16 heavy (non-hydrogen) atoms. The van der Waals surface area contributed by atoms with E-state index in [2.05, 4.69) is 0 Å². The number of likely N-dealkylation sites (N-methyl/N-ethyl adjacent to an activating group) is 1. The van der Waals surface area contributed by atoms with Crippen LogP contribution in [0.1, 0.15) is 16.8 Å². The number of carbonyl (C=O) groups excluding carboxylic acids is 1. The zero-order valence-corrected chi connectivity index (χ0v) is 9.35. The van der Waals surface area contributed by atoms with Gasteiger partial charge in [-0.1, -0.05) is 0 Å². The van der Waals surface area contributed by atoms with Crippen molar-refractivity contribution in [1.82, 2.24) is 4.90 Å². The van der Waals surface area contributed by atoms with Crippen LogP contribution in [0.5, 0.6) is 0 Å². The third-order valence-corrected chi connectivity index (χ3v) is 2.93. The molecule has 1 saturated heterocycles. The number of anilines is 1. The Hall–Kier alpha value is -1.55. The number of carbonyl (C=O) groups is 1. The maximum Gasteiger partial charge on any atom is 0.253 e. The Morgan fingerprint density at radius 2 is 2.12 bits per heavy atom. The molecule has 0 saturated carbocycles. The van der Waals surface area contributed by atoms with Gasteiger partial charge in [0.1, 0.15) is 0 Å². The molecular weight excluding hydrogens is 204 g/mol. The minimum Gasteiger partial charge on any atom is -0.399 e. The molecule has 1 amide bonds. The van der Waals surface area contributed by atoms with E-state index in [4.69, 9.17) is 10.5 Å². The van der Waals surface area contributed by atoms with Crippen molar-refractivity contribution >= 4 is 11.6 Å². The van der Waals surface area contributed by atoms with Crippen LogP contribution in [-0.4, -0.2) is 37.1 Å². The summed E-state index contributed by atoms with van der Waals surface area (Å²) in [7, 11) is 1.82. The lowest BCUT2D eigenvalue weighted by molar-refractivity contribution is 0.0711. The number of nitrogens with two attached hydrogens (primary N) is 1. The molecule has 4 nitrogen and oxygen atoms in total. The number of ether oxygens (including phenoxy) is 1. The highest BCUT2D eigenvalue weighted by atomic mass is 16.5. The molecule has 0 radical (unpaired) electrons. The number of amides is 1. The number of hydrogen-bond donors (Lipinski definition) is 1. The molecule has 86 valence electrons. The van der Waals surface area contributed by atoms with Crippen LogP contribution in [0.2, 0.25) is 0 Å². The number of benzene rings is 1. The highest BCUT2D eigenvalue weighted by molar-refractivity contribution is 5.94. The average molecular weight is 220 g/mol. The Morgan fingerprint density at radius 3 is 2.69 bits per heavy atom. The van der Waals surface area contributed by atoms with Crippen molar-refractivity contribution in [3.05, 3.63) is 29.8 Å². The van der Waals surface area contributed by atoms with Gasteiger partial charge < -0.3 is 15.4 Å². The zero-order chi connectivity index (χ0) is 11.5. The summed E-state index contributed by atoms with van der Waals surface area (Å²) < 4.78 is 5.27. The van der Waals surface area contributed by atoms with Gasteiger partial charge in [-0.15, -0.1) is 0 Å². The minimum atomic E-state index is 0.0236. The van der Waals surface area contributed by atoms with Crippen LogP contribution in [0.4, 0.5) is 5.69 Å². The molecule has 0 aliphatic carbocycles. The first-order valence-electron chi connectivity index (χ1n) is 5.39. The Labute approximate surface area is 95.0 Å². The molecule has 1 aromatic carbocycles. The fourth-order valence-corrected chi connectivity index (χ4v) is 1.82. The van der Waals surface area contributed by atoms with Crippen LogP contribution in [-0.2, 0) is 4.74 Å². The van der Waals surface area contributed by atoms with Crippen molar-refractivity contribution in [1.29, 1.82) is 0 Å². The summed E-state index contributed by atoms with van der Waals surface area (Å²) in [5, 5.41) is 0. The molecule has 2 N–H and O–H groups in total. The molecule has 0 spiro atoms. The summed E-state index contributed by atoms with van der Waals surface area (Å²) in [6.07, 6.45) is 0.914.